The molecular formula is C30H29ClN2O3S. The minimum Gasteiger partial charge on any atom is -0.318 e. The van der Waals surface area contributed by atoms with Gasteiger partial charge >= 0.3 is 5.97 Å². The summed E-state index contributed by atoms with van der Waals surface area (Å²) in [4.78, 5) is 32.6. The largest absolute Gasteiger partial charge is 0.331 e. The highest BCUT2D eigenvalue weighted by molar-refractivity contribution is 8.03. The molecule has 0 aliphatic heterocycles. The fourth-order valence-electron chi connectivity index (χ4n) is 3.44. The Labute approximate surface area is 227 Å². The minimum absolute atomic E-state index is 0.190. The first-order valence-corrected chi connectivity index (χ1v) is 13.1. The van der Waals surface area contributed by atoms with Crippen LogP contribution in [0.2, 0.25) is 0 Å². The lowest BCUT2D eigenvalue weighted by molar-refractivity contribution is -0.140. The number of thioether (sulfide) groups is 1. The minimum atomic E-state index is -0.575. The third-order valence-electron chi connectivity index (χ3n) is 5.18. The SMILES string of the molecule is CC(=O)O/N=C(\CCS/C(C)=C/C=C(\C)Cl)C(=O)c1ccc(N(c2ccccc2)c2ccccc2)cc1. The first kappa shape index (κ1) is 28.0. The van der Waals surface area contributed by atoms with Gasteiger partial charge in [0, 0.05) is 46.8 Å². The van der Waals surface area contributed by atoms with E-state index in [9.17, 15) is 9.59 Å². The van der Waals surface area contributed by atoms with Gasteiger partial charge in [0.05, 0.1) is 0 Å². The van der Waals surface area contributed by atoms with Gasteiger partial charge < -0.3 is 9.74 Å². The number of hydrogen-bond acceptors (Lipinski definition) is 6. The van der Waals surface area contributed by atoms with Crippen LogP contribution in [-0.2, 0) is 9.63 Å². The smallest absolute Gasteiger partial charge is 0.318 e. The van der Waals surface area contributed by atoms with Crippen LogP contribution in [0.25, 0.3) is 0 Å². The number of ketones is 1. The van der Waals surface area contributed by atoms with Crippen molar-refractivity contribution >= 4 is 57.9 Å². The van der Waals surface area contributed by atoms with E-state index in [0.717, 1.165) is 22.0 Å². The van der Waals surface area contributed by atoms with Crippen LogP contribution < -0.4 is 4.90 Å². The number of carbonyl (C=O) groups is 2. The highest BCUT2D eigenvalue weighted by Crippen LogP contribution is 2.34. The zero-order chi connectivity index (χ0) is 26.6. The van der Waals surface area contributed by atoms with Gasteiger partial charge in [0.15, 0.2) is 0 Å². The summed E-state index contributed by atoms with van der Waals surface area (Å²) in [6.45, 7) is 5.03. The van der Waals surface area contributed by atoms with Crippen LogP contribution in [0.1, 0.15) is 37.6 Å². The van der Waals surface area contributed by atoms with Crippen LogP contribution in [0.4, 0.5) is 17.1 Å². The first-order valence-electron chi connectivity index (χ1n) is 11.8. The number of benzene rings is 3. The fraction of sp³-hybridized carbons (Fsp3) is 0.167. The zero-order valence-corrected chi connectivity index (χ0v) is 22.6. The Kier molecular flexibility index (Phi) is 10.7. The van der Waals surface area contributed by atoms with Crippen LogP contribution in [-0.4, -0.2) is 23.2 Å². The van der Waals surface area contributed by atoms with Gasteiger partial charge in [-0.2, -0.15) is 0 Å². The summed E-state index contributed by atoms with van der Waals surface area (Å²) < 4.78 is 0. The quantitative estimate of drug-likeness (QED) is 0.0815. The Bertz CT molecular complexity index is 1240. The van der Waals surface area contributed by atoms with E-state index in [0.29, 0.717) is 22.8 Å². The molecule has 0 saturated heterocycles. The summed E-state index contributed by atoms with van der Waals surface area (Å²) in [5, 5.41) is 4.55. The second-order valence-electron chi connectivity index (χ2n) is 8.13. The highest BCUT2D eigenvalue weighted by atomic mass is 35.5. The molecule has 0 atom stereocenters. The lowest BCUT2D eigenvalue weighted by Gasteiger charge is -2.25. The van der Waals surface area contributed by atoms with Gasteiger partial charge in [-0.05, 0) is 73.4 Å². The topological polar surface area (TPSA) is 59.0 Å². The Hall–Kier alpha value is -3.61. The predicted octanol–water partition coefficient (Wildman–Crippen LogP) is 8.43. The molecule has 0 aliphatic carbocycles. The van der Waals surface area contributed by atoms with E-state index >= 15 is 0 Å². The van der Waals surface area contributed by atoms with Crippen molar-refractivity contribution in [3.8, 4) is 0 Å². The van der Waals surface area contributed by atoms with Gasteiger partial charge in [-0.15, -0.1) is 11.8 Å². The van der Waals surface area contributed by atoms with E-state index in [1.54, 1.807) is 23.9 Å². The number of carbonyl (C=O) groups excluding carboxylic acids is 2. The predicted molar refractivity (Wildman–Crippen MR) is 155 cm³/mol. The van der Waals surface area contributed by atoms with Crippen molar-refractivity contribution in [3.05, 3.63) is 113 Å². The molecule has 0 aliphatic rings. The summed E-state index contributed by atoms with van der Waals surface area (Å²) >= 11 is 7.45. The molecular weight excluding hydrogens is 504 g/mol. The highest BCUT2D eigenvalue weighted by Gasteiger charge is 2.18. The Morgan fingerprint density at radius 1 is 0.838 bits per heavy atom. The third-order valence-corrected chi connectivity index (χ3v) is 6.30. The summed E-state index contributed by atoms with van der Waals surface area (Å²) in [7, 11) is 0. The van der Waals surface area contributed by atoms with E-state index in [-0.39, 0.29) is 11.5 Å². The molecule has 0 radical (unpaired) electrons. The number of anilines is 3. The van der Waals surface area contributed by atoms with Gasteiger partial charge in [-0.3, -0.25) is 4.79 Å². The average molecular weight is 533 g/mol. The van der Waals surface area contributed by atoms with Crippen molar-refractivity contribution in [2.45, 2.75) is 27.2 Å². The lowest BCUT2D eigenvalue weighted by atomic mass is 10.0. The van der Waals surface area contributed by atoms with Crippen molar-refractivity contribution < 1.29 is 14.4 Å². The number of halogens is 1. The molecule has 0 spiro atoms. The molecule has 0 amide bonds. The summed E-state index contributed by atoms with van der Waals surface area (Å²) in [6.07, 6.45) is 4.08. The second-order valence-corrected chi connectivity index (χ2v) is 10.1. The number of para-hydroxylation sites is 2. The van der Waals surface area contributed by atoms with Crippen molar-refractivity contribution in [2.75, 3.05) is 10.7 Å². The van der Waals surface area contributed by atoms with Crippen molar-refractivity contribution in [3.63, 3.8) is 0 Å². The number of oxime groups is 1. The normalized spacial score (nSPS) is 12.3. The molecule has 0 aromatic heterocycles. The molecule has 7 heteroatoms. The van der Waals surface area contributed by atoms with Crippen LogP contribution in [0, 0.1) is 0 Å². The van der Waals surface area contributed by atoms with Crippen molar-refractivity contribution in [2.24, 2.45) is 5.16 Å². The molecule has 0 N–H and O–H groups in total. The fourth-order valence-corrected chi connectivity index (χ4v) is 4.28. The van der Waals surface area contributed by atoms with E-state index in [2.05, 4.69) is 10.1 Å². The molecule has 0 heterocycles. The Morgan fingerprint density at radius 3 is 1.89 bits per heavy atom. The number of allylic oxidation sites excluding steroid dienone is 4. The number of rotatable bonds is 11. The maximum absolute atomic E-state index is 13.3. The van der Waals surface area contributed by atoms with Gasteiger partial charge in [-0.1, -0.05) is 59.2 Å². The van der Waals surface area contributed by atoms with Crippen LogP contribution in [0.3, 0.4) is 0 Å². The first-order chi connectivity index (χ1) is 17.8. The van der Waals surface area contributed by atoms with Crippen molar-refractivity contribution in [1.29, 1.82) is 0 Å². The van der Waals surface area contributed by atoms with Crippen molar-refractivity contribution in [1.82, 2.24) is 0 Å². The maximum Gasteiger partial charge on any atom is 0.331 e. The molecule has 37 heavy (non-hydrogen) atoms. The number of Topliss-reactive ketones (excluding diaryl/α,β-unsaturated/α-hetero) is 1. The second kappa shape index (κ2) is 14.2. The van der Waals surface area contributed by atoms with E-state index in [4.69, 9.17) is 16.4 Å². The lowest BCUT2D eigenvalue weighted by Crippen LogP contribution is -2.17. The molecule has 3 rings (SSSR count). The van der Waals surface area contributed by atoms with Crippen LogP contribution >= 0.6 is 23.4 Å². The molecule has 3 aromatic carbocycles. The standard InChI is InChI=1S/C30H29ClN2O3S/c1-22(31)14-15-23(2)37-21-20-29(32-36-24(3)34)30(35)25-16-18-28(19-17-25)33(26-10-6-4-7-11-26)27-12-8-5-9-13-27/h4-19H,20-21H2,1-3H3/b22-14+,23-15+,32-29+. The van der Waals surface area contributed by atoms with Crippen LogP contribution in [0.5, 0.6) is 0 Å². The molecule has 3 aromatic rings. The molecule has 0 bridgehead atoms. The third kappa shape index (κ3) is 8.77. The van der Waals surface area contributed by atoms with Gasteiger partial charge in [0.2, 0.25) is 5.78 Å². The monoisotopic (exact) mass is 532 g/mol. The van der Waals surface area contributed by atoms with Crippen LogP contribution in [0.15, 0.2) is 112 Å². The molecule has 0 fully saturated rings. The Balaban J connectivity index is 1.82. The summed E-state index contributed by atoms with van der Waals surface area (Å²) in [5.74, 6) is -0.261. The molecule has 0 unspecified atom stereocenters. The Morgan fingerprint density at radius 2 is 1.38 bits per heavy atom. The van der Waals surface area contributed by atoms with E-state index in [1.165, 1.54) is 6.92 Å². The molecule has 5 nitrogen and oxygen atoms in total. The van der Waals surface area contributed by atoms with Gasteiger partial charge in [0.1, 0.15) is 5.71 Å². The summed E-state index contributed by atoms with van der Waals surface area (Å²) in [6, 6.07) is 27.4. The van der Waals surface area contributed by atoms with E-state index < -0.39 is 5.97 Å². The summed E-state index contributed by atoms with van der Waals surface area (Å²) in [5.41, 5.74) is 3.57. The number of hydrogen-bond donors (Lipinski definition) is 0. The van der Waals surface area contributed by atoms with Gasteiger partial charge in [0.25, 0.3) is 0 Å². The van der Waals surface area contributed by atoms with Gasteiger partial charge in [-0.25, -0.2) is 4.79 Å². The number of nitrogens with zero attached hydrogens (tertiary/aromatic N) is 2. The van der Waals surface area contributed by atoms with E-state index in [1.807, 2.05) is 98.8 Å². The molecule has 0 saturated carbocycles. The zero-order valence-electron chi connectivity index (χ0n) is 21.1. The maximum atomic E-state index is 13.3. The average Bonchev–Trinajstić information content (AvgIpc) is 2.90. The molecule has 190 valence electrons.